The average molecular weight is 458 g/mol. The summed E-state index contributed by atoms with van der Waals surface area (Å²) in [5, 5.41) is 9.58. The summed E-state index contributed by atoms with van der Waals surface area (Å²) in [6, 6.07) is 12.7. The van der Waals surface area contributed by atoms with E-state index in [0.717, 1.165) is 27.0 Å². The Hall–Kier alpha value is -1.79. The average Bonchev–Trinajstić information content (AvgIpc) is 3.07. The monoisotopic (exact) mass is 457 g/mol. The molecule has 4 rings (SSSR count). The van der Waals surface area contributed by atoms with E-state index in [9.17, 15) is 0 Å². The van der Waals surface area contributed by atoms with Crippen molar-refractivity contribution >= 4 is 27.7 Å². The Balaban J connectivity index is 1.40. The molecule has 0 atom stereocenters. The zero-order chi connectivity index (χ0) is 19.5. The molecule has 0 saturated carbocycles. The maximum Gasteiger partial charge on any atom is 0.191 e. The molecule has 2 aromatic carbocycles. The number of nitrogens with zero attached hydrogens (tertiary/aromatic N) is 3. The van der Waals surface area contributed by atoms with Crippen molar-refractivity contribution in [3.8, 4) is 5.75 Å². The Morgan fingerprint density at radius 3 is 2.68 bits per heavy atom. The molecule has 0 unspecified atom stereocenters. The summed E-state index contributed by atoms with van der Waals surface area (Å²) >= 11 is 5.16. The summed E-state index contributed by atoms with van der Waals surface area (Å²) in [4.78, 5) is 0. The van der Waals surface area contributed by atoms with Crippen LogP contribution in [0, 0.1) is 6.92 Å². The number of aromatic nitrogens is 3. The Morgan fingerprint density at radius 1 is 1.07 bits per heavy atom. The molecule has 0 spiro atoms. The van der Waals surface area contributed by atoms with Gasteiger partial charge in [0.25, 0.3) is 0 Å². The Kier molecular flexibility index (Phi) is 6.07. The van der Waals surface area contributed by atoms with Crippen LogP contribution in [-0.4, -0.2) is 14.8 Å². The minimum absolute atomic E-state index is 0.433. The highest BCUT2D eigenvalue weighted by atomic mass is 79.9. The summed E-state index contributed by atoms with van der Waals surface area (Å²) < 4.78 is 9.24. The number of halogens is 1. The third-order valence-electron chi connectivity index (χ3n) is 5.33. The maximum atomic E-state index is 6.12. The van der Waals surface area contributed by atoms with Crippen molar-refractivity contribution in [2.45, 2.75) is 50.1 Å². The summed E-state index contributed by atoms with van der Waals surface area (Å²) in [7, 11) is 2.00. The van der Waals surface area contributed by atoms with Crippen LogP contribution in [0.5, 0.6) is 5.75 Å². The van der Waals surface area contributed by atoms with Crippen molar-refractivity contribution in [3.63, 3.8) is 0 Å². The molecular weight excluding hydrogens is 434 g/mol. The van der Waals surface area contributed by atoms with E-state index >= 15 is 0 Å². The number of rotatable bonds is 6. The molecule has 0 N–H and O–H groups in total. The molecule has 28 heavy (non-hydrogen) atoms. The highest BCUT2D eigenvalue weighted by molar-refractivity contribution is 9.10. The number of hydrogen-bond acceptors (Lipinski definition) is 4. The highest BCUT2D eigenvalue weighted by Gasteiger charge is 2.16. The van der Waals surface area contributed by atoms with Crippen molar-refractivity contribution in [2.24, 2.45) is 7.05 Å². The van der Waals surface area contributed by atoms with Gasteiger partial charge in [-0.2, -0.15) is 0 Å². The maximum absolute atomic E-state index is 6.12. The van der Waals surface area contributed by atoms with Crippen molar-refractivity contribution in [1.82, 2.24) is 14.8 Å². The second-order valence-corrected chi connectivity index (χ2v) is 9.05. The van der Waals surface area contributed by atoms with Crippen molar-refractivity contribution in [2.75, 3.05) is 0 Å². The van der Waals surface area contributed by atoms with E-state index in [1.54, 1.807) is 11.8 Å². The lowest BCUT2D eigenvalue weighted by Gasteiger charge is -2.20. The lowest BCUT2D eigenvalue weighted by atomic mass is 9.88. The third kappa shape index (κ3) is 4.28. The standard InChI is InChI=1S/C22H24BrN3OS/c1-15-19-6-4-3-5-17(19)9-12-20(15)27-13-21-24-25-22(26(21)2)28-14-16-7-10-18(23)11-8-16/h7-12H,3-6,13-14H2,1-2H3. The Labute approximate surface area is 178 Å². The normalized spacial score (nSPS) is 13.4. The molecule has 0 bridgehead atoms. The zero-order valence-electron chi connectivity index (χ0n) is 16.2. The van der Waals surface area contributed by atoms with E-state index in [4.69, 9.17) is 4.74 Å². The third-order valence-corrected chi connectivity index (χ3v) is 6.95. The Morgan fingerprint density at radius 2 is 1.86 bits per heavy atom. The number of benzene rings is 2. The Bertz CT molecular complexity index is 969. The SMILES string of the molecule is Cc1c(OCc2nnc(SCc3ccc(Br)cc3)n2C)ccc2c1CCCC2. The summed E-state index contributed by atoms with van der Waals surface area (Å²) in [5.41, 5.74) is 5.51. The largest absolute Gasteiger partial charge is 0.485 e. The highest BCUT2D eigenvalue weighted by Crippen LogP contribution is 2.31. The van der Waals surface area contributed by atoms with Crippen LogP contribution in [0.2, 0.25) is 0 Å². The van der Waals surface area contributed by atoms with Crippen LogP contribution in [-0.2, 0) is 32.2 Å². The summed E-state index contributed by atoms with van der Waals surface area (Å²) in [6.07, 6.45) is 4.93. The van der Waals surface area contributed by atoms with E-state index < -0.39 is 0 Å². The molecular formula is C22H24BrN3OS. The second kappa shape index (κ2) is 8.70. The molecule has 1 aliphatic rings. The van der Waals surface area contributed by atoms with Gasteiger partial charge in [-0.05, 0) is 73.1 Å². The molecule has 0 fully saturated rings. The number of ether oxygens (including phenoxy) is 1. The van der Waals surface area contributed by atoms with Gasteiger partial charge in [-0.3, -0.25) is 0 Å². The molecule has 1 aromatic heterocycles. The fraction of sp³-hybridized carbons (Fsp3) is 0.364. The van der Waals surface area contributed by atoms with E-state index in [0.29, 0.717) is 6.61 Å². The van der Waals surface area contributed by atoms with Crippen LogP contribution < -0.4 is 4.74 Å². The quantitative estimate of drug-likeness (QED) is 0.449. The van der Waals surface area contributed by atoms with Crippen molar-refractivity contribution < 1.29 is 4.74 Å². The van der Waals surface area contributed by atoms with Gasteiger partial charge in [0.15, 0.2) is 11.0 Å². The van der Waals surface area contributed by atoms with Crippen LogP contribution in [0.25, 0.3) is 0 Å². The van der Waals surface area contributed by atoms with Gasteiger partial charge in [0.05, 0.1) is 0 Å². The number of aryl methyl sites for hydroxylation is 1. The van der Waals surface area contributed by atoms with E-state index in [2.05, 4.69) is 69.4 Å². The molecule has 6 heteroatoms. The first kappa shape index (κ1) is 19.5. The first-order chi connectivity index (χ1) is 13.6. The van der Waals surface area contributed by atoms with Crippen LogP contribution in [0.3, 0.4) is 0 Å². The van der Waals surface area contributed by atoms with Gasteiger partial charge in [-0.15, -0.1) is 10.2 Å². The van der Waals surface area contributed by atoms with Gasteiger partial charge in [-0.1, -0.05) is 45.9 Å². The molecule has 3 aromatic rings. The van der Waals surface area contributed by atoms with Gasteiger partial charge < -0.3 is 9.30 Å². The number of thioether (sulfide) groups is 1. The molecule has 1 heterocycles. The lowest BCUT2D eigenvalue weighted by Crippen LogP contribution is -2.08. The van der Waals surface area contributed by atoms with E-state index in [-0.39, 0.29) is 0 Å². The van der Waals surface area contributed by atoms with Gasteiger partial charge in [0.1, 0.15) is 12.4 Å². The zero-order valence-corrected chi connectivity index (χ0v) is 18.6. The van der Waals surface area contributed by atoms with Crippen LogP contribution in [0.4, 0.5) is 0 Å². The first-order valence-corrected chi connectivity index (χ1v) is 11.4. The second-order valence-electron chi connectivity index (χ2n) is 7.20. The van der Waals surface area contributed by atoms with Gasteiger partial charge in [0, 0.05) is 17.3 Å². The van der Waals surface area contributed by atoms with Gasteiger partial charge >= 0.3 is 0 Å². The van der Waals surface area contributed by atoms with Crippen LogP contribution in [0.15, 0.2) is 46.0 Å². The van der Waals surface area contributed by atoms with E-state index in [1.165, 1.54) is 47.9 Å². The smallest absolute Gasteiger partial charge is 0.191 e. The molecule has 4 nitrogen and oxygen atoms in total. The first-order valence-electron chi connectivity index (χ1n) is 9.61. The fourth-order valence-electron chi connectivity index (χ4n) is 3.61. The lowest BCUT2D eigenvalue weighted by molar-refractivity contribution is 0.288. The molecule has 0 saturated heterocycles. The van der Waals surface area contributed by atoms with Gasteiger partial charge in [0.2, 0.25) is 0 Å². The predicted octanol–water partition coefficient (Wildman–Crippen LogP) is 5.64. The molecule has 0 amide bonds. The predicted molar refractivity (Wildman–Crippen MR) is 117 cm³/mol. The van der Waals surface area contributed by atoms with Crippen molar-refractivity contribution in [1.29, 1.82) is 0 Å². The molecule has 0 aliphatic heterocycles. The number of fused-ring (bicyclic) bond motifs is 1. The summed E-state index contributed by atoms with van der Waals surface area (Å²) in [5.74, 6) is 2.67. The molecule has 146 valence electrons. The topological polar surface area (TPSA) is 39.9 Å². The van der Waals surface area contributed by atoms with Crippen LogP contribution in [0.1, 0.15) is 40.9 Å². The minimum atomic E-state index is 0.433. The van der Waals surface area contributed by atoms with Crippen molar-refractivity contribution in [3.05, 3.63) is 68.9 Å². The summed E-state index contributed by atoms with van der Waals surface area (Å²) in [6.45, 7) is 2.61. The molecule has 0 radical (unpaired) electrons. The van der Waals surface area contributed by atoms with E-state index in [1.807, 2.05) is 11.6 Å². The fourth-order valence-corrected chi connectivity index (χ4v) is 4.76. The minimum Gasteiger partial charge on any atom is -0.485 e. The van der Waals surface area contributed by atoms with Crippen LogP contribution >= 0.6 is 27.7 Å². The van der Waals surface area contributed by atoms with Gasteiger partial charge in [-0.25, -0.2) is 0 Å². The number of hydrogen-bond donors (Lipinski definition) is 0. The molecule has 1 aliphatic carbocycles.